The van der Waals surface area contributed by atoms with Crippen LogP contribution in [0.2, 0.25) is 5.02 Å². The van der Waals surface area contributed by atoms with E-state index in [0.717, 1.165) is 25.0 Å². The summed E-state index contributed by atoms with van der Waals surface area (Å²) in [6.45, 7) is 1.00. The molecule has 1 aromatic rings. The average Bonchev–Trinajstić information content (AvgIpc) is 2.38. The molecule has 9 heteroatoms. The molecule has 1 saturated heterocycles. The molecule has 116 valence electrons. The molecule has 1 atom stereocenters. The number of nitrogens with one attached hydrogen (secondary N) is 1. The van der Waals surface area contributed by atoms with Crippen LogP contribution in [0, 0.1) is 5.82 Å². The Balaban J connectivity index is 2.28. The number of benzene rings is 1. The molecule has 1 aliphatic heterocycles. The number of halogens is 3. The van der Waals surface area contributed by atoms with Gasteiger partial charge >= 0.3 is 0 Å². The van der Waals surface area contributed by atoms with E-state index in [9.17, 15) is 17.6 Å². The number of rotatable bonds is 3. The highest BCUT2D eigenvalue weighted by atomic mass is 35.7. The minimum absolute atomic E-state index is 0.150. The molecule has 1 aromatic carbocycles. The summed E-state index contributed by atoms with van der Waals surface area (Å²) in [5.41, 5.74) is -0.150. The molecule has 5 nitrogen and oxygen atoms in total. The summed E-state index contributed by atoms with van der Waals surface area (Å²) in [7, 11) is 0.817. The maximum Gasteiger partial charge on any atom is 0.264 e. The Bertz CT molecular complexity index is 659. The van der Waals surface area contributed by atoms with E-state index in [4.69, 9.17) is 27.0 Å². The second-order valence-corrected chi connectivity index (χ2v) is 7.53. The highest BCUT2D eigenvalue weighted by Crippen LogP contribution is 2.26. The molecule has 21 heavy (non-hydrogen) atoms. The monoisotopic (exact) mass is 355 g/mol. The molecule has 1 heterocycles. The van der Waals surface area contributed by atoms with Crippen molar-refractivity contribution in [3.05, 3.63) is 28.5 Å². The number of hydrogen-bond donors (Lipinski definition) is 1. The molecule has 1 fully saturated rings. The van der Waals surface area contributed by atoms with Gasteiger partial charge in [-0.15, -0.1) is 0 Å². The fourth-order valence-electron chi connectivity index (χ4n) is 2.01. The minimum Gasteiger partial charge on any atom is -0.379 e. The zero-order valence-corrected chi connectivity index (χ0v) is 13.1. The summed E-state index contributed by atoms with van der Waals surface area (Å²) >= 11 is 5.79. The third-order valence-corrected chi connectivity index (χ3v) is 4.67. The van der Waals surface area contributed by atoms with Gasteiger partial charge in [0.1, 0.15) is 10.7 Å². The third-order valence-electron chi connectivity index (χ3n) is 3.02. The van der Waals surface area contributed by atoms with Gasteiger partial charge in [-0.25, -0.2) is 12.8 Å². The molecule has 1 amide bonds. The average molecular weight is 356 g/mol. The molecule has 2 rings (SSSR count). The summed E-state index contributed by atoms with van der Waals surface area (Å²) in [6, 6.07) is 1.39. The normalized spacial score (nSPS) is 19.3. The minimum atomic E-state index is -4.31. The molecular formula is C12H12Cl2FNO4S. The molecular weight excluding hydrogens is 344 g/mol. The van der Waals surface area contributed by atoms with Gasteiger partial charge in [-0.3, -0.25) is 4.79 Å². The summed E-state index contributed by atoms with van der Waals surface area (Å²) in [4.78, 5) is 11.3. The van der Waals surface area contributed by atoms with Gasteiger partial charge in [-0.05, 0) is 25.0 Å². The first-order valence-electron chi connectivity index (χ1n) is 6.11. The van der Waals surface area contributed by atoms with Crippen LogP contribution in [0.5, 0.6) is 0 Å². The second kappa shape index (κ2) is 6.48. The summed E-state index contributed by atoms with van der Waals surface area (Å²) in [5.74, 6) is -1.70. The Morgan fingerprint density at radius 3 is 2.71 bits per heavy atom. The largest absolute Gasteiger partial charge is 0.379 e. The highest BCUT2D eigenvalue weighted by molar-refractivity contribution is 8.13. The standard InChI is InChI=1S/C12H12Cl2FNO4S/c13-9-5-10(15)11(21(14,18)19)4-8(9)12(17)16-7-2-1-3-20-6-7/h4-5,7H,1-3,6H2,(H,16,17). The van der Waals surface area contributed by atoms with Crippen LogP contribution >= 0.6 is 22.3 Å². The molecule has 0 saturated carbocycles. The van der Waals surface area contributed by atoms with Crippen LogP contribution in [0.4, 0.5) is 4.39 Å². The molecule has 0 aliphatic carbocycles. The number of ether oxygens (including phenoxy) is 1. The quantitative estimate of drug-likeness (QED) is 0.844. The zero-order chi connectivity index (χ0) is 15.6. The van der Waals surface area contributed by atoms with Crippen molar-refractivity contribution < 1.29 is 22.3 Å². The van der Waals surface area contributed by atoms with Crippen molar-refractivity contribution in [1.29, 1.82) is 0 Å². The number of hydrogen-bond acceptors (Lipinski definition) is 4. The van der Waals surface area contributed by atoms with Gasteiger partial charge in [-0.2, -0.15) is 0 Å². The fourth-order valence-corrected chi connectivity index (χ4v) is 3.15. The van der Waals surface area contributed by atoms with Crippen molar-refractivity contribution >= 4 is 37.2 Å². The summed E-state index contributed by atoms with van der Waals surface area (Å²) < 4.78 is 41.3. The lowest BCUT2D eigenvalue weighted by Gasteiger charge is -2.23. The third kappa shape index (κ3) is 4.06. The first kappa shape index (κ1) is 16.5. The van der Waals surface area contributed by atoms with E-state index in [1.165, 1.54) is 0 Å². The van der Waals surface area contributed by atoms with Crippen molar-refractivity contribution in [3.8, 4) is 0 Å². The van der Waals surface area contributed by atoms with Gasteiger partial charge < -0.3 is 10.1 Å². The summed E-state index contributed by atoms with van der Waals surface area (Å²) in [5, 5.41) is 2.48. The van der Waals surface area contributed by atoms with E-state index in [-0.39, 0.29) is 16.6 Å². The predicted molar refractivity (Wildman–Crippen MR) is 75.8 cm³/mol. The lowest BCUT2D eigenvalue weighted by molar-refractivity contribution is 0.0624. The van der Waals surface area contributed by atoms with Crippen LogP contribution in [0.3, 0.4) is 0 Å². The van der Waals surface area contributed by atoms with Gasteiger partial charge in [0.2, 0.25) is 0 Å². The van der Waals surface area contributed by atoms with Crippen LogP contribution in [0.25, 0.3) is 0 Å². The first-order valence-corrected chi connectivity index (χ1v) is 8.80. The Morgan fingerprint density at radius 2 is 2.14 bits per heavy atom. The van der Waals surface area contributed by atoms with E-state index in [2.05, 4.69) is 5.32 Å². The Morgan fingerprint density at radius 1 is 1.43 bits per heavy atom. The van der Waals surface area contributed by atoms with Crippen molar-refractivity contribution in [3.63, 3.8) is 0 Å². The van der Waals surface area contributed by atoms with Crippen LogP contribution in [0.15, 0.2) is 17.0 Å². The van der Waals surface area contributed by atoms with Gasteiger partial charge in [-0.1, -0.05) is 11.6 Å². The van der Waals surface area contributed by atoms with Gasteiger partial charge in [0.05, 0.1) is 23.2 Å². The van der Waals surface area contributed by atoms with Crippen LogP contribution in [0.1, 0.15) is 23.2 Å². The molecule has 1 N–H and O–H groups in total. The van der Waals surface area contributed by atoms with Crippen molar-refractivity contribution in [2.45, 2.75) is 23.8 Å². The SMILES string of the molecule is O=C(NC1CCCOC1)c1cc(S(=O)(=O)Cl)c(F)cc1Cl. The molecule has 0 radical (unpaired) electrons. The Hall–Kier alpha value is -0.890. The van der Waals surface area contributed by atoms with Crippen molar-refractivity contribution in [1.82, 2.24) is 5.32 Å². The lowest BCUT2D eigenvalue weighted by atomic mass is 10.1. The predicted octanol–water partition coefficient (Wildman–Crippen LogP) is 2.32. The van der Waals surface area contributed by atoms with Gasteiger partial charge in [0, 0.05) is 17.3 Å². The highest BCUT2D eigenvalue weighted by Gasteiger charge is 2.24. The number of carbonyl (C=O) groups is 1. The van der Waals surface area contributed by atoms with Crippen LogP contribution in [-0.2, 0) is 13.8 Å². The molecule has 0 aromatic heterocycles. The van der Waals surface area contributed by atoms with Gasteiger partial charge in [0.15, 0.2) is 0 Å². The van der Waals surface area contributed by atoms with E-state index in [0.29, 0.717) is 13.2 Å². The van der Waals surface area contributed by atoms with Crippen molar-refractivity contribution in [2.24, 2.45) is 0 Å². The molecule has 0 spiro atoms. The summed E-state index contributed by atoms with van der Waals surface area (Å²) in [6.07, 6.45) is 1.55. The Kier molecular flexibility index (Phi) is 5.08. The lowest BCUT2D eigenvalue weighted by Crippen LogP contribution is -2.40. The van der Waals surface area contributed by atoms with E-state index < -0.39 is 25.7 Å². The van der Waals surface area contributed by atoms with Gasteiger partial charge in [0.25, 0.3) is 15.0 Å². The maximum atomic E-state index is 13.5. The molecule has 0 bridgehead atoms. The first-order chi connectivity index (χ1) is 9.79. The molecule has 1 unspecified atom stereocenters. The fraction of sp³-hybridized carbons (Fsp3) is 0.417. The number of amides is 1. The van der Waals surface area contributed by atoms with Crippen molar-refractivity contribution in [2.75, 3.05) is 13.2 Å². The Labute approximate surface area is 130 Å². The van der Waals surface area contributed by atoms with Crippen LogP contribution in [-0.4, -0.2) is 33.6 Å². The maximum absolute atomic E-state index is 13.5. The molecule has 1 aliphatic rings. The van der Waals surface area contributed by atoms with E-state index in [1.807, 2.05) is 0 Å². The smallest absolute Gasteiger partial charge is 0.264 e. The van der Waals surface area contributed by atoms with E-state index in [1.54, 1.807) is 0 Å². The zero-order valence-electron chi connectivity index (χ0n) is 10.7. The number of carbonyl (C=O) groups excluding carboxylic acids is 1. The second-order valence-electron chi connectivity index (χ2n) is 4.59. The van der Waals surface area contributed by atoms with E-state index >= 15 is 0 Å². The topological polar surface area (TPSA) is 72.5 Å². The van der Waals surface area contributed by atoms with Crippen LogP contribution < -0.4 is 5.32 Å².